The van der Waals surface area contributed by atoms with Crippen molar-refractivity contribution < 1.29 is 14.3 Å². The molecule has 0 aliphatic heterocycles. The first-order chi connectivity index (χ1) is 21.1. The molecule has 1 aromatic rings. The summed E-state index contributed by atoms with van der Waals surface area (Å²) in [4.78, 5) is 22.6. The molecule has 1 aliphatic rings. The van der Waals surface area contributed by atoms with Gasteiger partial charge in [0.15, 0.2) is 0 Å². The monoisotopic (exact) mass is 609 g/mol. The average Bonchev–Trinajstić information content (AvgIpc) is 3.01. The van der Waals surface area contributed by atoms with Crippen LogP contribution in [-0.4, -0.2) is 55.9 Å². The summed E-state index contributed by atoms with van der Waals surface area (Å²) < 4.78 is 5.50. The molecule has 8 heteroatoms. The minimum atomic E-state index is -0.574. The number of hydrogen-bond donors (Lipinski definition) is 4. The van der Waals surface area contributed by atoms with Crippen molar-refractivity contribution in [3.8, 4) is 0 Å². The molecular weight excluding hydrogens is 550 g/mol. The van der Waals surface area contributed by atoms with Gasteiger partial charge in [0.1, 0.15) is 11.9 Å². The SMILES string of the molecule is C1CCCCC1.C=CCCCCCN(NC/C(C=N)=C/C(=C)N/C=C(\C)CNC)C(=O)OC(C)(C)C.O=Cc1ccccc1. The van der Waals surface area contributed by atoms with Gasteiger partial charge in [0.2, 0.25) is 0 Å². The highest BCUT2D eigenvalue weighted by molar-refractivity contribution is 5.77. The Morgan fingerprint density at radius 3 is 2.11 bits per heavy atom. The van der Waals surface area contributed by atoms with E-state index in [0.717, 1.165) is 49.7 Å². The third-order valence-corrected chi connectivity index (χ3v) is 6.32. The van der Waals surface area contributed by atoms with Crippen molar-refractivity contribution in [3.63, 3.8) is 0 Å². The zero-order valence-corrected chi connectivity index (χ0v) is 28.1. The van der Waals surface area contributed by atoms with Crippen LogP contribution in [0.3, 0.4) is 0 Å². The Morgan fingerprint density at radius 2 is 1.64 bits per heavy atom. The van der Waals surface area contributed by atoms with Crippen LogP contribution < -0.4 is 16.1 Å². The number of nitrogens with zero attached hydrogens (tertiary/aromatic N) is 1. The van der Waals surface area contributed by atoms with Gasteiger partial charge in [-0.25, -0.2) is 15.2 Å². The predicted octanol–water partition coefficient (Wildman–Crippen LogP) is 8.12. The third-order valence-electron chi connectivity index (χ3n) is 6.32. The van der Waals surface area contributed by atoms with Crippen molar-refractivity contribution in [1.82, 2.24) is 21.1 Å². The quantitative estimate of drug-likeness (QED) is 0.0377. The maximum atomic E-state index is 12.5. The van der Waals surface area contributed by atoms with Crippen molar-refractivity contribution in [2.24, 2.45) is 0 Å². The lowest BCUT2D eigenvalue weighted by atomic mass is 10.0. The number of likely N-dealkylation sites (N-methyl/N-ethyl adjacent to an activating group) is 1. The van der Waals surface area contributed by atoms with E-state index in [1.165, 1.54) is 49.7 Å². The molecule has 0 radical (unpaired) electrons. The summed E-state index contributed by atoms with van der Waals surface area (Å²) in [6, 6.07) is 9.10. The lowest BCUT2D eigenvalue weighted by Crippen LogP contribution is -2.46. The van der Waals surface area contributed by atoms with Crippen LogP contribution in [0.1, 0.15) is 102 Å². The number of nitrogens with one attached hydrogen (secondary N) is 4. The summed E-state index contributed by atoms with van der Waals surface area (Å²) in [5.74, 6) is 0. The Hall–Kier alpha value is -3.49. The number of allylic oxidation sites excluding steroid dienone is 2. The maximum Gasteiger partial charge on any atom is 0.424 e. The normalized spacial score (nSPS) is 13.2. The maximum absolute atomic E-state index is 12.5. The number of rotatable bonds is 16. The molecule has 4 N–H and O–H groups in total. The Kier molecular flexibility index (Phi) is 23.9. The van der Waals surface area contributed by atoms with Gasteiger partial charge in [-0.2, -0.15) is 0 Å². The van der Waals surface area contributed by atoms with Crippen LogP contribution in [0.2, 0.25) is 0 Å². The van der Waals surface area contributed by atoms with Gasteiger partial charge >= 0.3 is 6.09 Å². The number of ether oxygens (including phenoxy) is 1. The highest BCUT2D eigenvalue weighted by Crippen LogP contribution is 2.15. The van der Waals surface area contributed by atoms with E-state index >= 15 is 0 Å². The second-order valence-corrected chi connectivity index (χ2v) is 11.8. The van der Waals surface area contributed by atoms with Crippen molar-refractivity contribution in [2.45, 2.75) is 97.5 Å². The Labute approximate surface area is 267 Å². The second-order valence-electron chi connectivity index (χ2n) is 11.8. The molecule has 0 bridgehead atoms. The van der Waals surface area contributed by atoms with Gasteiger partial charge in [-0.3, -0.25) is 4.79 Å². The smallest absolute Gasteiger partial charge is 0.424 e. The molecule has 0 saturated heterocycles. The minimum Gasteiger partial charge on any atom is -0.443 e. The highest BCUT2D eigenvalue weighted by Gasteiger charge is 2.22. The molecule has 0 aromatic heterocycles. The van der Waals surface area contributed by atoms with Gasteiger partial charge in [-0.1, -0.05) is 87.9 Å². The first-order valence-electron chi connectivity index (χ1n) is 15.9. The number of hydrazine groups is 1. The molecule has 0 atom stereocenters. The third kappa shape index (κ3) is 24.0. The number of benzene rings is 1. The fraction of sp³-hybridized carbons (Fsp3) is 0.528. The standard InChI is InChI=1S/C23H41N5O2.C7H6O.C6H12/c1-8-9-10-11-12-13-28(22(29)30-23(4,5)6)27-18-21(15-24)14-20(3)26-17-19(2)16-25-7;8-6-7-4-2-1-3-5-7;1-2-4-6-5-3-1/h8,14-15,17,24-27H,1,3,9-13,16,18H2,2,4-7H3;1-6H;1-6H2/b19-17+,21-14+,24-15?;;. The fourth-order valence-corrected chi connectivity index (χ4v) is 4.02. The average molecular weight is 610 g/mol. The van der Waals surface area contributed by atoms with Crippen LogP contribution in [0.5, 0.6) is 0 Å². The summed E-state index contributed by atoms with van der Waals surface area (Å²) in [7, 11) is 1.89. The zero-order chi connectivity index (χ0) is 33.1. The van der Waals surface area contributed by atoms with Gasteiger partial charge in [0.05, 0.1) is 0 Å². The van der Waals surface area contributed by atoms with Crippen LogP contribution in [0.4, 0.5) is 4.79 Å². The van der Waals surface area contributed by atoms with E-state index in [-0.39, 0.29) is 0 Å². The first kappa shape index (κ1) is 40.5. The van der Waals surface area contributed by atoms with Crippen LogP contribution in [0.15, 0.2) is 78.7 Å². The highest BCUT2D eigenvalue weighted by atomic mass is 16.6. The number of amides is 1. The van der Waals surface area contributed by atoms with Crippen molar-refractivity contribution in [3.05, 3.63) is 84.2 Å². The van der Waals surface area contributed by atoms with E-state index in [9.17, 15) is 9.59 Å². The number of carbonyl (C=O) groups excluding carboxylic acids is 2. The van der Waals surface area contributed by atoms with Crippen molar-refractivity contribution >= 4 is 18.6 Å². The van der Waals surface area contributed by atoms with Crippen molar-refractivity contribution in [2.75, 3.05) is 26.7 Å². The molecule has 2 rings (SSSR count). The van der Waals surface area contributed by atoms with E-state index < -0.39 is 11.7 Å². The van der Waals surface area contributed by atoms with E-state index in [1.807, 2.05) is 65.2 Å². The number of carbonyl (C=O) groups is 2. The molecule has 8 nitrogen and oxygen atoms in total. The van der Waals surface area contributed by atoms with Crippen LogP contribution in [0, 0.1) is 5.41 Å². The first-order valence-corrected chi connectivity index (χ1v) is 15.9. The van der Waals surface area contributed by atoms with Crippen LogP contribution in [0.25, 0.3) is 0 Å². The Balaban J connectivity index is 0.00000105. The van der Waals surface area contributed by atoms with Crippen LogP contribution in [-0.2, 0) is 4.74 Å². The van der Waals surface area contributed by atoms with Gasteiger partial charge in [-0.15, -0.1) is 6.58 Å². The molecule has 1 saturated carbocycles. The number of hydrogen-bond acceptors (Lipinski definition) is 7. The van der Waals surface area contributed by atoms with Gasteiger partial charge < -0.3 is 20.8 Å². The van der Waals surface area contributed by atoms with Gasteiger partial charge in [0.25, 0.3) is 0 Å². The summed E-state index contributed by atoms with van der Waals surface area (Å²) in [5, 5.41) is 15.4. The minimum absolute atomic E-state index is 0.315. The summed E-state index contributed by atoms with van der Waals surface area (Å²) in [5.41, 5.74) is 5.74. The largest absolute Gasteiger partial charge is 0.443 e. The molecule has 1 amide bonds. The molecule has 0 spiro atoms. The van der Waals surface area contributed by atoms with E-state index in [2.05, 4.69) is 29.2 Å². The number of unbranched alkanes of at least 4 members (excludes halogenated alkanes) is 3. The Bertz CT molecular complexity index is 997. The fourth-order valence-electron chi connectivity index (χ4n) is 4.02. The lowest BCUT2D eigenvalue weighted by molar-refractivity contribution is 0.0142. The number of aldehydes is 1. The molecule has 246 valence electrons. The summed E-state index contributed by atoms with van der Waals surface area (Å²) in [6.45, 7) is 16.9. The van der Waals surface area contributed by atoms with E-state index in [0.29, 0.717) is 24.4 Å². The lowest BCUT2D eigenvalue weighted by Gasteiger charge is -2.28. The molecule has 0 heterocycles. The van der Waals surface area contributed by atoms with Gasteiger partial charge in [-0.05, 0) is 71.2 Å². The molecule has 0 unspecified atom stereocenters. The topological polar surface area (TPSA) is 107 Å². The summed E-state index contributed by atoms with van der Waals surface area (Å²) in [6.07, 6.45) is 20.1. The molecule has 44 heavy (non-hydrogen) atoms. The molecule has 1 aromatic carbocycles. The summed E-state index contributed by atoms with van der Waals surface area (Å²) >= 11 is 0. The molecule has 1 aliphatic carbocycles. The van der Waals surface area contributed by atoms with E-state index in [1.54, 1.807) is 18.2 Å². The van der Waals surface area contributed by atoms with E-state index in [4.69, 9.17) is 10.1 Å². The predicted molar refractivity (Wildman–Crippen MR) is 186 cm³/mol. The van der Waals surface area contributed by atoms with Gasteiger partial charge in [0, 0.05) is 43.3 Å². The Morgan fingerprint density at radius 1 is 1.02 bits per heavy atom. The van der Waals surface area contributed by atoms with Crippen LogP contribution >= 0.6 is 0 Å². The van der Waals surface area contributed by atoms with Crippen molar-refractivity contribution in [1.29, 1.82) is 5.41 Å². The molecule has 1 fully saturated rings. The zero-order valence-electron chi connectivity index (χ0n) is 28.1. The molecular formula is C36H59N5O3. The second kappa shape index (κ2) is 26.0.